The van der Waals surface area contributed by atoms with Gasteiger partial charge in [0.15, 0.2) is 0 Å². The fourth-order valence-electron chi connectivity index (χ4n) is 6.45. The van der Waals surface area contributed by atoms with Crippen molar-refractivity contribution in [3.8, 4) is 45.9 Å². The van der Waals surface area contributed by atoms with Gasteiger partial charge in [0, 0.05) is 47.0 Å². The second kappa shape index (κ2) is 9.20. The van der Waals surface area contributed by atoms with Gasteiger partial charge in [-0.2, -0.15) is 0 Å². The van der Waals surface area contributed by atoms with Crippen LogP contribution in [0, 0.1) is 23.7 Å². The molecule has 0 bridgehead atoms. The van der Waals surface area contributed by atoms with Gasteiger partial charge in [-0.15, -0.1) is 0 Å². The molecular weight excluding hydrogens is 496 g/mol. The highest BCUT2D eigenvalue weighted by molar-refractivity contribution is 5.95. The van der Waals surface area contributed by atoms with E-state index < -0.39 is 5.41 Å². The van der Waals surface area contributed by atoms with E-state index in [1.165, 1.54) is 44.5 Å². The lowest BCUT2D eigenvalue weighted by molar-refractivity contribution is 0.793. The summed E-state index contributed by atoms with van der Waals surface area (Å²) < 4.78 is 0. The van der Waals surface area contributed by atoms with E-state index in [9.17, 15) is 0 Å². The summed E-state index contributed by atoms with van der Waals surface area (Å²) in [6.07, 6.45) is 7.11. The Morgan fingerprint density at radius 3 is 1.22 bits per heavy atom. The molecule has 0 amide bonds. The molecule has 0 radical (unpaired) electrons. The topological polar surface area (TPSA) is 25.8 Å². The zero-order valence-electron chi connectivity index (χ0n) is 22.1. The van der Waals surface area contributed by atoms with Crippen molar-refractivity contribution in [2.75, 3.05) is 0 Å². The average Bonchev–Trinajstić information content (AvgIpc) is 3.50. The Hall–Kier alpha value is -5.70. The monoisotopic (exact) mass is 518 g/mol. The Morgan fingerprint density at radius 1 is 0.366 bits per heavy atom. The van der Waals surface area contributed by atoms with Crippen molar-refractivity contribution < 1.29 is 0 Å². The maximum absolute atomic E-state index is 4.12. The van der Waals surface area contributed by atoms with Crippen molar-refractivity contribution in [2.45, 2.75) is 5.41 Å². The Kier molecular flexibility index (Phi) is 5.21. The average molecular weight is 519 g/mol. The van der Waals surface area contributed by atoms with Crippen LogP contribution in [0.2, 0.25) is 0 Å². The van der Waals surface area contributed by atoms with Crippen LogP contribution in [0.15, 0.2) is 134 Å². The van der Waals surface area contributed by atoms with Gasteiger partial charge < -0.3 is 0 Å². The third kappa shape index (κ3) is 3.56. The zero-order chi connectivity index (χ0) is 27.2. The zero-order valence-corrected chi connectivity index (χ0v) is 22.1. The summed E-state index contributed by atoms with van der Waals surface area (Å²) in [6.45, 7) is 0. The number of rotatable bonds is 0. The molecule has 0 saturated heterocycles. The summed E-state index contributed by atoms with van der Waals surface area (Å²) >= 11 is 0. The fraction of sp³-hybridized carbons (Fsp3) is 0.0256. The Labute approximate surface area is 239 Å². The number of fused-ring (bicyclic) bond motifs is 10. The van der Waals surface area contributed by atoms with E-state index in [0.717, 1.165) is 22.3 Å². The lowest BCUT2D eigenvalue weighted by Crippen LogP contribution is -2.26. The molecule has 0 fully saturated rings. The van der Waals surface area contributed by atoms with Crippen LogP contribution in [0.1, 0.15) is 44.5 Å². The maximum atomic E-state index is 4.12. The van der Waals surface area contributed by atoms with Gasteiger partial charge in [0.2, 0.25) is 0 Å². The smallest absolute Gasteiger partial charge is 0.0726 e. The first-order valence-electron chi connectivity index (χ1n) is 13.7. The molecule has 0 unspecified atom stereocenters. The molecule has 188 valence electrons. The van der Waals surface area contributed by atoms with Crippen LogP contribution in [-0.4, -0.2) is 9.97 Å². The number of nitrogens with zero attached hydrogens (tertiary/aromatic N) is 2. The second-order valence-corrected chi connectivity index (χ2v) is 10.3. The van der Waals surface area contributed by atoms with Gasteiger partial charge in [-0.25, -0.2) is 0 Å². The Bertz CT molecular complexity index is 1950. The lowest BCUT2D eigenvalue weighted by Gasteiger charge is -2.30. The fourth-order valence-corrected chi connectivity index (χ4v) is 6.45. The first kappa shape index (κ1) is 23.2. The summed E-state index contributed by atoms with van der Waals surface area (Å²) in [5.41, 5.74) is 13.6. The molecule has 2 heterocycles. The first-order valence-corrected chi connectivity index (χ1v) is 13.7. The molecule has 2 aromatic heterocycles. The van der Waals surface area contributed by atoms with Crippen molar-refractivity contribution in [2.24, 2.45) is 0 Å². The van der Waals surface area contributed by atoms with Crippen LogP contribution in [0.5, 0.6) is 0 Å². The van der Waals surface area contributed by atoms with E-state index in [1.54, 1.807) is 24.8 Å². The third-order valence-electron chi connectivity index (χ3n) is 8.15. The van der Waals surface area contributed by atoms with Crippen LogP contribution in [0.3, 0.4) is 0 Å². The van der Waals surface area contributed by atoms with Gasteiger partial charge in [0.05, 0.1) is 5.41 Å². The number of benzene rings is 4. The molecule has 2 aliphatic carbocycles. The minimum absolute atomic E-state index is 0.444. The highest BCUT2D eigenvalue weighted by atomic mass is 14.6. The predicted molar refractivity (Wildman–Crippen MR) is 163 cm³/mol. The number of aromatic nitrogens is 2. The molecule has 2 aliphatic rings. The largest absolute Gasteiger partial charge is 0.265 e. The Morgan fingerprint density at radius 2 is 0.756 bits per heavy atom. The minimum Gasteiger partial charge on any atom is -0.265 e. The molecule has 4 aromatic carbocycles. The molecule has 0 N–H and O–H groups in total. The van der Waals surface area contributed by atoms with E-state index >= 15 is 0 Å². The minimum atomic E-state index is -0.444. The van der Waals surface area contributed by atoms with Crippen LogP contribution in [-0.2, 0) is 5.41 Å². The summed E-state index contributed by atoms with van der Waals surface area (Å²) in [5, 5.41) is 0. The van der Waals surface area contributed by atoms with Crippen molar-refractivity contribution >= 4 is 0 Å². The summed E-state index contributed by atoms with van der Waals surface area (Å²) in [4.78, 5) is 8.24. The van der Waals surface area contributed by atoms with Crippen molar-refractivity contribution in [3.05, 3.63) is 178 Å². The second-order valence-electron chi connectivity index (χ2n) is 10.3. The summed E-state index contributed by atoms with van der Waals surface area (Å²) in [6, 6.07) is 38.8. The van der Waals surface area contributed by atoms with Crippen molar-refractivity contribution in [3.63, 3.8) is 0 Å². The molecule has 0 saturated carbocycles. The summed E-state index contributed by atoms with van der Waals surface area (Å²) in [7, 11) is 0. The molecule has 41 heavy (non-hydrogen) atoms. The quantitative estimate of drug-likeness (QED) is 0.193. The molecule has 1 spiro atoms. The van der Waals surface area contributed by atoms with E-state index in [1.807, 2.05) is 24.3 Å². The van der Waals surface area contributed by atoms with Gasteiger partial charge in [-0.1, -0.05) is 84.3 Å². The highest BCUT2D eigenvalue weighted by Gasteiger charge is 2.51. The van der Waals surface area contributed by atoms with Crippen LogP contribution < -0.4 is 0 Å². The third-order valence-corrected chi connectivity index (χ3v) is 8.15. The number of hydrogen-bond donors (Lipinski definition) is 0. The van der Waals surface area contributed by atoms with Gasteiger partial charge in [-0.3, -0.25) is 9.97 Å². The van der Waals surface area contributed by atoms with E-state index in [2.05, 4.69) is 119 Å². The van der Waals surface area contributed by atoms with Crippen LogP contribution in [0.25, 0.3) is 22.3 Å². The van der Waals surface area contributed by atoms with Crippen LogP contribution >= 0.6 is 0 Å². The van der Waals surface area contributed by atoms with Crippen molar-refractivity contribution in [1.82, 2.24) is 9.97 Å². The van der Waals surface area contributed by atoms with Gasteiger partial charge >= 0.3 is 0 Å². The van der Waals surface area contributed by atoms with Gasteiger partial charge in [0.25, 0.3) is 0 Å². The molecule has 8 rings (SSSR count). The lowest BCUT2D eigenvalue weighted by atomic mass is 9.70. The van der Waals surface area contributed by atoms with Crippen LogP contribution in [0.4, 0.5) is 0 Å². The van der Waals surface area contributed by atoms with Gasteiger partial charge in [0.1, 0.15) is 0 Å². The van der Waals surface area contributed by atoms with Crippen molar-refractivity contribution in [1.29, 1.82) is 0 Å². The standard InChI is InChI=1S/C39H22N2/c1-3-7-35-31(5-1)33-15-13-29(11-9-27-17-21-40-22-18-27)25-37(33)39(35)36-8-4-2-6-32(36)34-16-14-30(26-38(34)39)12-10-28-19-23-41-24-20-28/h1-8,13-26H. The van der Waals surface area contributed by atoms with E-state index in [4.69, 9.17) is 0 Å². The molecule has 0 aliphatic heterocycles. The highest BCUT2D eigenvalue weighted by Crippen LogP contribution is 2.62. The van der Waals surface area contributed by atoms with E-state index in [0.29, 0.717) is 0 Å². The molecule has 2 nitrogen and oxygen atoms in total. The molecule has 0 atom stereocenters. The normalized spacial score (nSPS) is 12.7. The maximum Gasteiger partial charge on any atom is 0.0726 e. The van der Waals surface area contributed by atoms with E-state index in [-0.39, 0.29) is 0 Å². The predicted octanol–water partition coefficient (Wildman–Crippen LogP) is 7.62. The molecule has 2 heteroatoms. The van der Waals surface area contributed by atoms with Gasteiger partial charge in [-0.05, 0) is 93.0 Å². The molecule has 6 aromatic rings. The Balaban J connectivity index is 1.38. The first-order chi connectivity index (χ1) is 20.3. The number of hydrogen-bond acceptors (Lipinski definition) is 2. The summed E-state index contributed by atoms with van der Waals surface area (Å²) in [5.74, 6) is 13.5. The molecular formula is C39H22N2. The SMILES string of the molecule is C(#Cc1ccc2c(c1)C1(c3ccccc3-2)c2ccccc2-c2ccc(C#Cc3ccncc3)cc21)c1ccncc1. The number of pyridine rings is 2.